The van der Waals surface area contributed by atoms with Crippen LogP contribution in [0, 0.1) is 0 Å². The standard InChI is InChI=1S/C24H32N2O4/c1-5-17-29-22-11-9-8-10-21(22)23(27)25-20-14-12-19(13-15-20)24(28)30-18-16-26(4,6-2)7-3/h8-15H,5-7,16-18H2,1-4H3/p+1. The highest BCUT2D eigenvalue weighted by Gasteiger charge is 2.18. The van der Waals surface area contributed by atoms with E-state index in [-0.39, 0.29) is 11.9 Å². The van der Waals surface area contributed by atoms with Crippen molar-refractivity contribution in [1.29, 1.82) is 0 Å². The average Bonchev–Trinajstić information content (AvgIpc) is 2.78. The van der Waals surface area contributed by atoms with Crippen molar-refractivity contribution in [3.8, 4) is 5.75 Å². The smallest absolute Gasteiger partial charge is 0.338 e. The van der Waals surface area contributed by atoms with Crippen LogP contribution in [-0.2, 0) is 4.74 Å². The van der Waals surface area contributed by atoms with Crippen molar-refractivity contribution in [2.45, 2.75) is 27.2 Å². The van der Waals surface area contributed by atoms with E-state index in [1.165, 1.54) is 0 Å². The minimum Gasteiger partial charge on any atom is -0.493 e. The number of hydrogen-bond donors (Lipinski definition) is 1. The van der Waals surface area contributed by atoms with Gasteiger partial charge in [-0.1, -0.05) is 19.1 Å². The number of hydrogen-bond acceptors (Lipinski definition) is 4. The Bertz CT molecular complexity index is 829. The lowest BCUT2D eigenvalue weighted by Crippen LogP contribution is -2.46. The van der Waals surface area contributed by atoms with E-state index in [0.29, 0.717) is 35.8 Å². The van der Waals surface area contributed by atoms with Crippen molar-refractivity contribution in [3.63, 3.8) is 0 Å². The van der Waals surface area contributed by atoms with Gasteiger partial charge in [0.2, 0.25) is 0 Å². The van der Waals surface area contributed by atoms with Crippen LogP contribution in [-0.4, -0.2) is 56.3 Å². The highest BCUT2D eigenvalue weighted by atomic mass is 16.5. The first-order valence-corrected chi connectivity index (χ1v) is 10.6. The number of nitrogens with one attached hydrogen (secondary N) is 1. The third-order valence-corrected chi connectivity index (χ3v) is 5.36. The van der Waals surface area contributed by atoms with E-state index in [2.05, 4.69) is 26.2 Å². The molecular formula is C24H33N2O4+. The zero-order valence-electron chi connectivity index (χ0n) is 18.4. The van der Waals surface area contributed by atoms with Crippen LogP contribution < -0.4 is 10.1 Å². The van der Waals surface area contributed by atoms with Gasteiger partial charge in [0.25, 0.3) is 5.91 Å². The number of esters is 1. The number of amides is 1. The highest BCUT2D eigenvalue weighted by Crippen LogP contribution is 2.20. The zero-order chi connectivity index (χ0) is 22.0. The Hall–Kier alpha value is -2.86. The van der Waals surface area contributed by atoms with Crippen molar-refractivity contribution >= 4 is 17.6 Å². The van der Waals surface area contributed by atoms with Gasteiger partial charge < -0.3 is 19.3 Å². The second kappa shape index (κ2) is 11.4. The van der Waals surface area contributed by atoms with Gasteiger partial charge in [-0.15, -0.1) is 0 Å². The molecule has 0 atom stereocenters. The van der Waals surface area contributed by atoms with Crippen molar-refractivity contribution in [2.75, 3.05) is 45.2 Å². The van der Waals surface area contributed by atoms with E-state index in [4.69, 9.17) is 9.47 Å². The van der Waals surface area contributed by atoms with Crippen LogP contribution in [0.2, 0.25) is 0 Å². The van der Waals surface area contributed by atoms with Crippen molar-refractivity contribution in [3.05, 3.63) is 59.7 Å². The molecule has 0 aromatic heterocycles. The maximum Gasteiger partial charge on any atom is 0.338 e. The van der Waals surface area contributed by atoms with Crippen molar-refractivity contribution in [1.82, 2.24) is 0 Å². The van der Waals surface area contributed by atoms with Crippen molar-refractivity contribution < 1.29 is 23.5 Å². The largest absolute Gasteiger partial charge is 0.493 e. The number of benzene rings is 2. The fraction of sp³-hybridized carbons (Fsp3) is 0.417. The lowest BCUT2D eigenvalue weighted by atomic mass is 10.1. The number of rotatable bonds is 11. The molecule has 1 amide bonds. The monoisotopic (exact) mass is 413 g/mol. The van der Waals surface area contributed by atoms with E-state index in [1.54, 1.807) is 42.5 Å². The molecule has 1 N–H and O–H groups in total. The quantitative estimate of drug-likeness (QED) is 0.439. The van der Waals surface area contributed by atoms with Gasteiger partial charge in [-0.05, 0) is 56.7 Å². The lowest BCUT2D eigenvalue weighted by Gasteiger charge is -2.31. The summed E-state index contributed by atoms with van der Waals surface area (Å²) in [6, 6.07) is 13.9. The lowest BCUT2D eigenvalue weighted by molar-refractivity contribution is -0.906. The molecule has 162 valence electrons. The molecule has 0 bridgehead atoms. The maximum atomic E-state index is 12.6. The van der Waals surface area contributed by atoms with E-state index < -0.39 is 0 Å². The minimum atomic E-state index is -0.357. The summed E-state index contributed by atoms with van der Waals surface area (Å²) >= 11 is 0. The third-order valence-electron chi connectivity index (χ3n) is 5.36. The van der Waals surface area contributed by atoms with Crippen LogP contribution in [0.4, 0.5) is 5.69 Å². The number of nitrogens with zero attached hydrogens (tertiary/aromatic N) is 1. The molecule has 30 heavy (non-hydrogen) atoms. The first-order valence-electron chi connectivity index (χ1n) is 10.6. The number of ether oxygens (including phenoxy) is 2. The SMILES string of the molecule is CCCOc1ccccc1C(=O)Nc1ccc(C(=O)OCC[N+](C)(CC)CC)cc1. The maximum absolute atomic E-state index is 12.6. The van der Waals surface area contributed by atoms with E-state index in [0.717, 1.165) is 30.5 Å². The Kier molecular flexibility index (Phi) is 8.87. The molecule has 6 heteroatoms. The summed E-state index contributed by atoms with van der Waals surface area (Å²) in [6.45, 7) is 9.98. The summed E-state index contributed by atoms with van der Waals surface area (Å²) in [4.78, 5) is 24.9. The number of carbonyl (C=O) groups is 2. The van der Waals surface area contributed by atoms with Gasteiger partial charge in [0.1, 0.15) is 18.9 Å². The molecule has 0 radical (unpaired) electrons. The Morgan fingerprint density at radius 3 is 2.23 bits per heavy atom. The van der Waals surface area contributed by atoms with Gasteiger partial charge in [0, 0.05) is 5.69 Å². The molecule has 6 nitrogen and oxygen atoms in total. The molecule has 0 aliphatic rings. The molecule has 0 aliphatic carbocycles. The summed E-state index contributed by atoms with van der Waals surface area (Å²) in [6.07, 6.45) is 0.864. The van der Waals surface area contributed by atoms with Gasteiger partial charge in [-0.3, -0.25) is 4.79 Å². The Morgan fingerprint density at radius 2 is 1.60 bits per heavy atom. The van der Waals surface area contributed by atoms with E-state index in [9.17, 15) is 9.59 Å². The fourth-order valence-corrected chi connectivity index (χ4v) is 2.86. The van der Waals surface area contributed by atoms with Crippen molar-refractivity contribution in [2.24, 2.45) is 0 Å². The summed E-state index contributed by atoms with van der Waals surface area (Å²) < 4.78 is 11.9. The van der Waals surface area contributed by atoms with Gasteiger partial charge in [-0.2, -0.15) is 0 Å². The minimum absolute atomic E-state index is 0.256. The van der Waals surface area contributed by atoms with Gasteiger partial charge in [-0.25, -0.2) is 4.79 Å². The molecular weight excluding hydrogens is 380 g/mol. The first kappa shape index (κ1) is 23.4. The van der Waals surface area contributed by atoms with Crippen LogP contribution in [0.25, 0.3) is 0 Å². The first-order chi connectivity index (χ1) is 14.4. The molecule has 0 saturated carbocycles. The molecule has 0 spiro atoms. The number of anilines is 1. The summed E-state index contributed by atoms with van der Waals surface area (Å²) in [5.74, 6) is -0.0558. The molecule has 2 rings (SSSR count). The molecule has 0 fully saturated rings. The molecule has 0 heterocycles. The Morgan fingerprint density at radius 1 is 0.933 bits per heavy atom. The van der Waals surface area contributed by atoms with Crippen LogP contribution in [0.3, 0.4) is 0 Å². The fourth-order valence-electron chi connectivity index (χ4n) is 2.86. The second-order valence-electron chi connectivity index (χ2n) is 7.49. The molecule has 2 aromatic carbocycles. The van der Waals surface area contributed by atoms with Gasteiger partial charge in [0.15, 0.2) is 0 Å². The number of carbonyl (C=O) groups excluding carboxylic acids is 2. The number of para-hydroxylation sites is 1. The third kappa shape index (κ3) is 6.59. The van der Waals surface area contributed by atoms with Crippen LogP contribution >= 0.6 is 0 Å². The Labute approximate surface area is 179 Å². The summed E-state index contributed by atoms with van der Waals surface area (Å²) in [5.41, 5.74) is 1.53. The van der Waals surface area contributed by atoms with Gasteiger partial charge in [0.05, 0.1) is 37.9 Å². The van der Waals surface area contributed by atoms with Crippen LogP contribution in [0.5, 0.6) is 5.75 Å². The predicted octanol–water partition coefficient (Wildman–Crippen LogP) is 4.37. The molecule has 0 saturated heterocycles. The molecule has 2 aromatic rings. The van der Waals surface area contributed by atoms with Crippen LogP contribution in [0.1, 0.15) is 47.9 Å². The average molecular weight is 414 g/mol. The number of likely N-dealkylation sites (N-methyl/N-ethyl adjacent to an activating group) is 1. The topological polar surface area (TPSA) is 64.6 Å². The van der Waals surface area contributed by atoms with E-state index in [1.807, 2.05) is 13.0 Å². The van der Waals surface area contributed by atoms with E-state index >= 15 is 0 Å². The normalized spacial score (nSPS) is 11.1. The molecule has 0 unspecified atom stereocenters. The summed E-state index contributed by atoms with van der Waals surface area (Å²) in [7, 11) is 2.15. The zero-order valence-corrected chi connectivity index (χ0v) is 18.4. The van der Waals surface area contributed by atoms with Gasteiger partial charge >= 0.3 is 5.97 Å². The Balaban J connectivity index is 1.94. The van der Waals surface area contributed by atoms with Crippen LogP contribution in [0.15, 0.2) is 48.5 Å². The number of quaternary nitrogens is 1. The highest BCUT2D eigenvalue weighted by molar-refractivity contribution is 6.06. The predicted molar refractivity (Wildman–Crippen MR) is 119 cm³/mol. The second-order valence-corrected chi connectivity index (χ2v) is 7.49. The molecule has 0 aliphatic heterocycles. The summed E-state index contributed by atoms with van der Waals surface area (Å²) in [5, 5.41) is 2.85.